The first-order valence-electron chi connectivity index (χ1n) is 8.68. The maximum atomic E-state index is 11.8. The molecule has 1 aliphatic heterocycles. The Morgan fingerprint density at radius 1 is 1.17 bits per heavy atom. The fraction of sp³-hybridized carbons (Fsp3) is 0.812. The second-order valence-electron chi connectivity index (χ2n) is 5.77. The summed E-state index contributed by atoms with van der Waals surface area (Å²) in [6.45, 7) is 9.36. The zero-order chi connectivity index (χ0) is 17.9. The highest BCUT2D eigenvalue weighted by Gasteiger charge is 2.23. The van der Waals surface area contributed by atoms with Crippen molar-refractivity contribution in [1.82, 2.24) is 20.4 Å². The molecule has 24 heavy (non-hydrogen) atoms. The predicted molar refractivity (Wildman–Crippen MR) is 94.0 cm³/mol. The number of ether oxygens (including phenoxy) is 1. The van der Waals surface area contributed by atoms with Gasteiger partial charge < -0.3 is 25.2 Å². The zero-order valence-electron chi connectivity index (χ0n) is 15.3. The van der Waals surface area contributed by atoms with E-state index in [0.29, 0.717) is 45.8 Å². The maximum Gasteiger partial charge on any atom is 0.409 e. The van der Waals surface area contributed by atoms with Gasteiger partial charge in [0, 0.05) is 52.2 Å². The molecule has 138 valence electrons. The smallest absolute Gasteiger partial charge is 0.409 e. The summed E-state index contributed by atoms with van der Waals surface area (Å²) < 4.78 is 5.01. The van der Waals surface area contributed by atoms with Crippen molar-refractivity contribution in [2.75, 3.05) is 46.4 Å². The van der Waals surface area contributed by atoms with E-state index in [1.54, 1.807) is 18.9 Å². The van der Waals surface area contributed by atoms with Crippen molar-refractivity contribution >= 4 is 18.0 Å². The van der Waals surface area contributed by atoms with E-state index < -0.39 is 0 Å². The molecule has 1 rings (SSSR count). The number of piperazine rings is 1. The van der Waals surface area contributed by atoms with E-state index in [4.69, 9.17) is 4.74 Å². The summed E-state index contributed by atoms with van der Waals surface area (Å²) in [7, 11) is 1.72. The largest absolute Gasteiger partial charge is 0.450 e. The van der Waals surface area contributed by atoms with E-state index in [1.807, 2.05) is 13.8 Å². The maximum absolute atomic E-state index is 11.8. The van der Waals surface area contributed by atoms with E-state index in [2.05, 4.69) is 20.5 Å². The molecule has 1 heterocycles. The highest BCUT2D eigenvalue weighted by Crippen LogP contribution is 2.04. The highest BCUT2D eigenvalue weighted by molar-refractivity contribution is 5.81. The van der Waals surface area contributed by atoms with Crippen molar-refractivity contribution in [3.8, 4) is 0 Å². The molecular formula is C16H31N5O3. The molecule has 1 fully saturated rings. The fourth-order valence-electron chi connectivity index (χ4n) is 2.38. The Balaban J connectivity index is 2.33. The SMILES string of the molecule is CCOC(=O)N1CCN(C(=NC)NCCC(=O)NC(C)CC)CC1. The van der Waals surface area contributed by atoms with Crippen LogP contribution in [0.3, 0.4) is 0 Å². The first kappa shape index (κ1) is 20.1. The number of carbonyl (C=O) groups excluding carboxylic acids is 2. The van der Waals surface area contributed by atoms with E-state index in [1.165, 1.54) is 0 Å². The van der Waals surface area contributed by atoms with Crippen LogP contribution in [0.15, 0.2) is 4.99 Å². The number of nitrogens with zero attached hydrogens (tertiary/aromatic N) is 3. The molecule has 1 unspecified atom stereocenters. The number of hydrogen-bond acceptors (Lipinski definition) is 4. The molecule has 0 aromatic heterocycles. The number of aliphatic imine (C=N–C) groups is 1. The van der Waals surface area contributed by atoms with Crippen LogP contribution in [0.25, 0.3) is 0 Å². The summed E-state index contributed by atoms with van der Waals surface area (Å²) in [4.78, 5) is 31.5. The molecule has 2 amide bonds. The van der Waals surface area contributed by atoms with Crippen LogP contribution in [-0.4, -0.2) is 80.2 Å². The molecule has 8 nitrogen and oxygen atoms in total. The van der Waals surface area contributed by atoms with Gasteiger partial charge in [0.25, 0.3) is 0 Å². The standard InChI is InChI=1S/C16H31N5O3/c1-5-13(3)19-14(22)7-8-18-15(17-4)20-9-11-21(12-10-20)16(23)24-6-2/h13H,5-12H2,1-4H3,(H,17,18)(H,19,22). The minimum Gasteiger partial charge on any atom is -0.450 e. The van der Waals surface area contributed by atoms with Gasteiger partial charge in [-0.3, -0.25) is 9.79 Å². The predicted octanol–water partition coefficient (Wildman–Crippen LogP) is 0.641. The topological polar surface area (TPSA) is 86.3 Å². The number of hydrogen-bond donors (Lipinski definition) is 2. The molecule has 1 atom stereocenters. The van der Waals surface area contributed by atoms with Crippen LogP contribution in [-0.2, 0) is 9.53 Å². The number of rotatable bonds is 6. The number of nitrogens with one attached hydrogen (secondary N) is 2. The van der Waals surface area contributed by atoms with Gasteiger partial charge in [0.15, 0.2) is 5.96 Å². The van der Waals surface area contributed by atoms with Crippen molar-refractivity contribution in [2.45, 2.75) is 39.7 Å². The van der Waals surface area contributed by atoms with Gasteiger partial charge in [-0.05, 0) is 20.3 Å². The van der Waals surface area contributed by atoms with Crippen LogP contribution in [0.5, 0.6) is 0 Å². The van der Waals surface area contributed by atoms with E-state index >= 15 is 0 Å². The summed E-state index contributed by atoms with van der Waals surface area (Å²) in [6, 6.07) is 0.202. The van der Waals surface area contributed by atoms with E-state index in [9.17, 15) is 9.59 Å². The van der Waals surface area contributed by atoms with Gasteiger partial charge in [-0.2, -0.15) is 0 Å². The van der Waals surface area contributed by atoms with Crippen molar-refractivity contribution in [1.29, 1.82) is 0 Å². The van der Waals surface area contributed by atoms with Gasteiger partial charge in [0.1, 0.15) is 0 Å². The molecule has 0 aliphatic carbocycles. The summed E-state index contributed by atoms with van der Waals surface area (Å²) >= 11 is 0. The molecule has 0 spiro atoms. The molecule has 0 aromatic carbocycles. The van der Waals surface area contributed by atoms with E-state index in [-0.39, 0.29) is 18.0 Å². The number of amides is 2. The number of carbonyl (C=O) groups is 2. The molecule has 1 saturated heterocycles. The molecule has 8 heteroatoms. The fourth-order valence-corrected chi connectivity index (χ4v) is 2.38. The summed E-state index contributed by atoms with van der Waals surface area (Å²) in [5.74, 6) is 0.800. The molecule has 0 radical (unpaired) electrons. The minimum atomic E-state index is -0.262. The van der Waals surface area contributed by atoms with Crippen LogP contribution in [0.2, 0.25) is 0 Å². The van der Waals surface area contributed by atoms with Gasteiger partial charge in [0.05, 0.1) is 6.61 Å². The Morgan fingerprint density at radius 2 is 1.79 bits per heavy atom. The Labute approximate surface area is 144 Å². The average Bonchev–Trinajstić information content (AvgIpc) is 2.59. The molecule has 0 bridgehead atoms. The van der Waals surface area contributed by atoms with Gasteiger partial charge in [-0.25, -0.2) is 4.79 Å². The Bertz CT molecular complexity index is 433. The lowest BCUT2D eigenvalue weighted by Gasteiger charge is -2.35. The third kappa shape index (κ3) is 6.64. The van der Waals surface area contributed by atoms with Crippen LogP contribution >= 0.6 is 0 Å². The highest BCUT2D eigenvalue weighted by atomic mass is 16.6. The average molecular weight is 341 g/mol. The molecule has 0 saturated carbocycles. The van der Waals surface area contributed by atoms with Crippen LogP contribution < -0.4 is 10.6 Å². The van der Waals surface area contributed by atoms with Crippen LogP contribution in [0, 0.1) is 0 Å². The van der Waals surface area contributed by atoms with Gasteiger partial charge in [-0.1, -0.05) is 6.92 Å². The van der Waals surface area contributed by atoms with Crippen LogP contribution in [0.4, 0.5) is 4.79 Å². The molecule has 0 aromatic rings. The molecule has 1 aliphatic rings. The normalized spacial score (nSPS) is 16.6. The third-order valence-electron chi connectivity index (χ3n) is 3.97. The van der Waals surface area contributed by atoms with Crippen molar-refractivity contribution in [3.05, 3.63) is 0 Å². The third-order valence-corrected chi connectivity index (χ3v) is 3.97. The van der Waals surface area contributed by atoms with Crippen LogP contribution in [0.1, 0.15) is 33.6 Å². The van der Waals surface area contributed by atoms with Crippen molar-refractivity contribution in [2.24, 2.45) is 4.99 Å². The van der Waals surface area contributed by atoms with E-state index in [0.717, 1.165) is 12.4 Å². The molecular weight excluding hydrogens is 310 g/mol. The second kappa shape index (κ2) is 10.7. The lowest BCUT2D eigenvalue weighted by Crippen LogP contribution is -2.54. The Hall–Kier alpha value is -1.99. The van der Waals surface area contributed by atoms with Crippen molar-refractivity contribution < 1.29 is 14.3 Å². The summed E-state index contributed by atoms with van der Waals surface area (Å²) in [5, 5.41) is 6.15. The lowest BCUT2D eigenvalue weighted by atomic mass is 10.2. The minimum absolute atomic E-state index is 0.0411. The van der Waals surface area contributed by atoms with Gasteiger partial charge in [-0.15, -0.1) is 0 Å². The number of guanidine groups is 1. The van der Waals surface area contributed by atoms with Gasteiger partial charge >= 0.3 is 6.09 Å². The summed E-state index contributed by atoms with van der Waals surface area (Å²) in [6.07, 6.45) is 1.07. The lowest BCUT2D eigenvalue weighted by molar-refractivity contribution is -0.121. The first-order valence-corrected chi connectivity index (χ1v) is 8.68. The Morgan fingerprint density at radius 3 is 2.33 bits per heavy atom. The summed E-state index contributed by atoms with van der Waals surface area (Å²) in [5.41, 5.74) is 0. The van der Waals surface area contributed by atoms with Gasteiger partial charge in [0.2, 0.25) is 5.91 Å². The monoisotopic (exact) mass is 341 g/mol. The molecule has 2 N–H and O–H groups in total. The second-order valence-corrected chi connectivity index (χ2v) is 5.77. The van der Waals surface area contributed by atoms with Crippen molar-refractivity contribution in [3.63, 3.8) is 0 Å². The quantitative estimate of drug-likeness (QED) is 0.547. The first-order chi connectivity index (χ1) is 11.5. The Kier molecular flexibility index (Phi) is 8.96. The zero-order valence-corrected chi connectivity index (χ0v) is 15.3.